The van der Waals surface area contributed by atoms with E-state index in [4.69, 9.17) is 4.74 Å². The number of carbonyl (C=O) groups is 2. The van der Waals surface area contributed by atoms with E-state index in [-0.39, 0.29) is 24.5 Å². The van der Waals surface area contributed by atoms with Crippen LogP contribution in [0.15, 0.2) is 0 Å². The number of nitrogens with zero attached hydrogens (tertiary/aromatic N) is 2. The third-order valence-corrected chi connectivity index (χ3v) is 2.83. The molecule has 1 heterocycles. The minimum absolute atomic E-state index is 0.0138. The molecule has 1 atom stereocenters. The summed E-state index contributed by atoms with van der Waals surface area (Å²) >= 11 is 0. The number of nitrogens with one attached hydrogen (secondary N) is 1. The zero-order chi connectivity index (χ0) is 13.7. The maximum Gasteiger partial charge on any atom is 0.249 e. The Balaban J connectivity index is 2.64. The van der Waals surface area contributed by atoms with E-state index < -0.39 is 6.04 Å². The number of hydrogen-bond acceptors (Lipinski definition) is 4. The zero-order valence-electron chi connectivity index (χ0n) is 11.6. The van der Waals surface area contributed by atoms with Crippen LogP contribution in [0.4, 0.5) is 0 Å². The Bertz CT molecular complexity index is 305. The molecule has 2 amide bonds. The lowest BCUT2D eigenvalue weighted by Gasteiger charge is -2.36. The Kier molecular flexibility index (Phi) is 5.55. The molecule has 1 aliphatic rings. The number of hydrogen-bond donors (Lipinski definition) is 1. The normalized spacial score (nSPS) is 20.1. The summed E-state index contributed by atoms with van der Waals surface area (Å²) in [6.45, 7) is 5.56. The fourth-order valence-electron chi connectivity index (χ4n) is 1.84. The Morgan fingerprint density at radius 3 is 2.67 bits per heavy atom. The molecule has 0 aromatic carbocycles. The van der Waals surface area contributed by atoms with Crippen molar-refractivity contribution in [3.05, 3.63) is 0 Å². The topological polar surface area (TPSA) is 61.9 Å². The summed E-state index contributed by atoms with van der Waals surface area (Å²) in [6.07, 6.45) is 0.0138. The Morgan fingerprint density at radius 1 is 1.44 bits per heavy atom. The van der Waals surface area contributed by atoms with Crippen LogP contribution in [0.5, 0.6) is 0 Å². The van der Waals surface area contributed by atoms with Gasteiger partial charge in [-0.05, 0) is 13.8 Å². The number of ether oxygens (including phenoxy) is 1. The lowest BCUT2D eigenvalue weighted by atomic mass is 10.1. The first kappa shape index (κ1) is 14.9. The van der Waals surface area contributed by atoms with Crippen LogP contribution in [-0.4, -0.2) is 74.1 Å². The van der Waals surface area contributed by atoms with E-state index in [2.05, 4.69) is 5.32 Å². The van der Waals surface area contributed by atoms with Gasteiger partial charge < -0.3 is 19.9 Å². The van der Waals surface area contributed by atoms with E-state index in [1.807, 2.05) is 13.8 Å². The second-order valence-corrected chi connectivity index (χ2v) is 4.90. The second-order valence-electron chi connectivity index (χ2n) is 4.90. The number of carbonyl (C=O) groups excluding carboxylic acids is 2. The summed E-state index contributed by atoms with van der Waals surface area (Å²) in [5.74, 6) is -0.175. The molecule has 1 N–H and O–H groups in total. The molecular formula is C12H23N3O3. The summed E-state index contributed by atoms with van der Waals surface area (Å²) in [7, 11) is 3.40. The minimum atomic E-state index is -0.419. The van der Waals surface area contributed by atoms with E-state index >= 15 is 0 Å². The molecule has 1 unspecified atom stereocenters. The van der Waals surface area contributed by atoms with Crippen molar-refractivity contribution in [3.63, 3.8) is 0 Å². The van der Waals surface area contributed by atoms with Gasteiger partial charge in [0, 0.05) is 33.7 Å². The van der Waals surface area contributed by atoms with Gasteiger partial charge in [0.1, 0.15) is 12.6 Å². The predicted molar refractivity (Wildman–Crippen MR) is 68.2 cm³/mol. The summed E-state index contributed by atoms with van der Waals surface area (Å²) < 4.78 is 5.31. The largest absolute Gasteiger partial charge is 0.369 e. The Hall–Kier alpha value is -1.14. The van der Waals surface area contributed by atoms with Crippen molar-refractivity contribution < 1.29 is 14.3 Å². The van der Waals surface area contributed by atoms with Crippen molar-refractivity contribution in [2.75, 3.05) is 40.3 Å². The average molecular weight is 257 g/mol. The fourth-order valence-corrected chi connectivity index (χ4v) is 1.84. The number of rotatable bonds is 4. The second kappa shape index (κ2) is 6.70. The van der Waals surface area contributed by atoms with Gasteiger partial charge >= 0.3 is 0 Å². The molecule has 104 valence electrons. The fraction of sp³-hybridized carbons (Fsp3) is 0.833. The molecule has 18 heavy (non-hydrogen) atoms. The van der Waals surface area contributed by atoms with Gasteiger partial charge in [-0.3, -0.25) is 9.59 Å². The van der Waals surface area contributed by atoms with Gasteiger partial charge in [0.05, 0.1) is 6.10 Å². The monoisotopic (exact) mass is 257 g/mol. The SMILES string of the molecule is CC(C)OCC(=O)N1CCNCC1C(=O)N(C)C. The van der Waals surface area contributed by atoms with E-state index in [1.165, 1.54) is 4.90 Å². The molecule has 6 heteroatoms. The van der Waals surface area contributed by atoms with E-state index in [9.17, 15) is 9.59 Å². The predicted octanol–water partition coefficient (Wildman–Crippen LogP) is -0.700. The number of likely N-dealkylation sites (N-methyl/N-ethyl adjacent to an activating group) is 1. The zero-order valence-corrected chi connectivity index (χ0v) is 11.6. The van der Waals surface area contributed by atoms with Gasteiger partial charge in [0.2, 0.25) is 11.8 Å². The van der Waals surface area contributed by atoms with Gasteiger partial charge in [-0.15, -0.1) is 0 Å². The molecule has 0 spiro atoms. The highest BCUT2D eigenvalue weighted by Gasteiger charge is 2.32. The Morgan fingerprint density at radius 2 is 2.11 bits per heavy atom. The molecule has 0 aromatic rings. The first-order valence-corrected chi connectivity index (χ1v) is 6.26. The van der Waals surface area contributed by atoms with Crippen LogP contribution in [0.3, 0.4) is 0 Å². The van der Waals surface area contributed by atoms with Crippen molar-refractivity contribution in [2.45, 2.75) is 26.0 Å². The molecule has 0 aliphatic carbocycles. The highest BCUT2D eigenvalue weighted by atomic mass is 16.5. The highest BCUT2D eigenvalue weighted by Crippen LogP contribution is 2.07. The van der Waals surface area contributed by atoms with Crippen LogP contribution in [0.2, 0.25) is 0 Å². The highest BCUT2D eigenvalue weighted by molar-refractivity contribution is 5.88. The molecule has 1 fully saturated rings. The van der Waals surface area contributed by atoms with Crippen LogP contribution in [0.1, 0.15) is 13.8 Å². The van der Waals surface area contributed by atoms with Gasteiger partial charge in [-0.25, -0.2) is 0 Å². The average Bonchev–Trinajstić information content (AvgIpc) is 2.34. The molecule has 0 bridgehead atoms. The number of piperazine rings is 1. The standard InChI is InChI=1S/C12H23N3O3/c1-9(2)18-8-11(16)15-6-5-13-7-10(15)12(17)14(3)4/h9-10,13H,5-8H2,1-4H3. The van der Waals surface area contributed by atoms with Crippen molar-refractivity contribution in [1.29, 1.82) is 0 Å². The molecular weight excluding hydrogens is 234 g/mol. The van der Waals surface area contributed by atoms with Crippen molar-refractivity contribution in [3.8, 4) is 0 Å². The van der Waals surface area contributed by atoms with Gasteiger partial charge in [-0.2, -0.15) is 0 Å². The van der Waals surface area contributed by atoms with E-state index in [0.717, 1.165) is 0 Å². The molecule has 0 radical (unpaired) electrons. The Labute approximate surface area is 108 Å². The van der Waals surface area contributed by atoms with Crippen LogP contribution < -0.4 is 5.32 Å². The molecule has 1 rings (SSSR count). The number of amides is 2. The first-order chi connectivity index (χ1) is 8.43. The van der Waals surface area contributed by atoms with Crippen LogP contribution >= 0.6 is 0 Å². The smallest absolute Gasteiger partial charge is 0.249 e. The molecule has 6 nitrogen and oxygen atoms in total. The summed E-state index contributed by atoms with van der Waals surface area (Å²) in [5, 5.41) is 3.14. The van der Waals surface area contributed by atoms with E-state index in [1.54, 1.807) is 19.0 Å². The van der Waals surface area contributed by atoms with Gasteiger partial charge in [0.15, 0.2) is 0 Å². The van der Waals surface area contributed by atoms with Crippen molar-refractivity contribution in [2.24, 2.45) is 0 Å². The van der Waals surface area contributed by atoms with Crippen LogP contribution in [-0.2, 0) is 14.3 Å². The van der Waals surface area contributed by atoms with Gasteiger partial charge in [-0.1, -0.05) is 0 Å². The van der Waals surface area contributed by atoms with Crippen molar-refractivity contribution in [1.82, 2.24) is 15.1 Å². The lowest BCUT2D eigenvalue weighted by molar-refractivity contribution is -0.149. The summed E-state index contributed by atoms with van der Waals surface area (Å²) in [4.78, 5) is 27.2. The quantitative estimate of drug-likeness (QED) is 0.723. The summed E-state index contributed by atoms with van der Waals surface area (Å²) in [6, 6.07) is -0.419. The summed E-state index contributed by atoms with van der Waals surface area (Å²) in [5.41, 5.74) is 0. The van der Waals surface area contributed by atoms with Crippen LogP contribution in [0.25, 0.3) is 0 Å². The lowest BCUT2D eigenvalue weighted by Crippen LogP contribution is -2.60. The molecule has 0 aromatic heterocycles. The maximum absolute atomic E-state index is 12.0. The third-order valence-electron chi connectivity index (χ3n) is 2.83. The van der Waals surface area contributed by atoms with Crippen LogP contribution in [0, 0.1) is 0 Å². The third kappa shape index (κ3) is 3.96. The van der Waals surface area contributed by atoms with Crippen molar-refractivity contribution >= 4 is 11.8 Å². The molecule has 1 saturated heterocycles. The molecule has 1 aliphatic heterocycles. The maximum atomic E-state index is 12.0. The first-order valence-electron chi connectivity index (χ1n) is 6.26. The molecule has 0 saturated carbocycles. The van der Waals surface area contributed by atoms with Gasteiger partial charge in [0.25, 0.3) is 0 Å². The minimum Gasteiger partial charge on any atom is -0.369 e. The van der Waals surface area contributed by atoms with E-state index in [0.29, 0.717) is 19.6 Å².